The molecule has 0 saturated heterocycles. The minimum atomic E-state index is 0.00625. The minimum absolute atomic E-state index is 0.00625. The number of nitrogens with zero attached hydrogens (tertiary/aromatic N) is 2. The molecule has 0 bridgehead atoms. The van der Waals surface area contributed by atoms with E-state index in [1.54, 1.807) is 0 Å². The van der Waals surface area contributed by atoms with Crippen molar-refractivity contribution >= 4 is 20.8 Å². The van der Waals surface area contributed by atoms with Crippen LogP contribution in [-0.2, 0) is 15.0 Å². The molecule has 0 N–H and O–H groups in total. The Labute approximate surface area is 190 Å². The van der Waals surface area contributed by atoms with Crippen LogP contribution in [0, 0.1) is 55.4 Å². The van der Waals surface area contributed by atoms with E-state index in [-0.39, 0.29) is 32.1 Å². The molecule has 1 aliphatic heterocycles. The molecule has 5 heteroatoms. The van der Waals surface area contributed by atoms with Crippen molar-refractivity contribution in [3.05, 3.63) is 66.8 Å². The van der Waals surface area contributed by atoms with E-state index >= 15 is 0 Å². The molecule has 4 rings (SSSR count). The van der Waals surface area contributed by atoms with Gasteiger partial charge < -0.3 is 0 Å². The quantitative estimate of drug-likeness (QED) is 0.587. The fraction of sp³-hybridized carbons (Fsp3) is 0.385. The number of benzene rings is 2. The van der Waals surface area contributed by atoms with Crippen LogP contribution in [0.4, 0.5) is 0 Å². The van der Waals surface area contributed by atoms with E-state index in [4.69, 9.17) is 9.98 Å². The number of aliphatic imine (C=N–C) groups is 2. The van der Waals surface area contributed by atoms with Gasteiger partial charge in [0, 0.05) is 0 Å². The van der Waals surface area contributed by atoms with Gasteiger partial charge in [0.2, 0.25) is 0 Å². The molecule has 0 radical (unpaired) electrons. The van der Waals surface area contributed by atoms with Gasteiger partial charge in [0.25, 0.3) is 0 Å². The summed E-state index contributed by atoms with van der Waals surface area (Å²) in [5, 5.41) is 0. The van der Waals surface area contributed by atoms with Gasteiger partial charge in [-0.15, -0.1) is 0 Å². The Kier molecular flexibility index (Phi) is 5.39. The van der Waals surface area contributed by atoms with E-state index in [9.17, 15) is 9.59 Å². The Hall–Kier alpha value is -2.36. The maximum atomic E-state index is 12.7. The van der Waals surface area contributed by atoms with E-state index in [0.29, 0.717) is 6.42 Å². The van der Waals surface area contributed by atoms with Gasteiger partial charge in [-0.05, 0) is 0 Å². The molecule has 4 nitrogen and oxygen atoms in total. The molecule has 2 aromatic carbocycles. The summed E-state index contributed by atoms with van der Waals surface area (Å²) in [6.07, 6.45) is 0.333. The normalized spacial score (nSPS) is 17.8. The Morgan fingerprint density at radius 2 is 1.10 bits per heavy atom. The fourth-order valence-corrected chi connectivity index (χ4v) is 6.23. The maximum absolute atomic E-state index is 12.7. The van der Waals surface area contributed by atoms with Crippen LogP contribution in [0.15, 0.2) is 9.98 Å². The fourth-order valence-electron chi connectivity index (χ4n) is 4.77. The van der Waals surface area contributed by atoms with Crippen molar-refractivity contribution < 1.29 is 24.5 Å². The van der Waals surface area contributed by atoms with Crippen molar-refractivity contribution in [2.75, 3.05) is 6.67 Å². The van der Waals surface area contributed by atoms with Crippen molar-refractivity contribution in [2.24, 2.45) is 9.98 Å². The zero-order valence-electron chi connectivity index (χ0n) is 19.5. The molecule has 0 fully saturated rings. The van der Waals surface area contributed by atoms with Gasteiger partial charge in [-0.1, -0.05) is 0 Å². The van der Waals surface area contributed by atoms with Gasteiger partial charge in [-0.2, -0.15) is 0 Å². The van der Waals surface area contributed by atoms with E-state index in [0.717, 1.165) is 54.8 Å². The molecule has 0 aromatic heterocycles. The Morgan fingerprint density at radius 3 is 1.68 bits per heavy atom. The summed E-state index contributed by atoms with van der Waals surface area (Å²) in [6, 6.07) is 0. The zero-order valence-corrected chi connectivity index (χ0v) is 20.7. The molecule has 31 heavy (non-hydrogen) atoms. The van der Waals surface area contributed by atoms with Crippen LogP contribution < -0.4 is 0 Å². The van der Waals surface area contributed by atoms with Gasteiger partial charge in [0.15, 0.2) is 0 Å². The summed E-state index contributed by atoms with van der Waals surface area (Å²) >= 11 is 0.00625. The number of ketones is 1. The first-order chi connectivity index (χ1) is 14.6. The van der Waals surface area contributed by atoms with E-state index < -0.39 is 0 Å². The molecular weight excluding hydrogens is 427 g/mol. The second-order valence-corrected chi connectivity index (χ2v) is 10.1. The van der Waals surface area contributed by atoms with Crippen molar-refractivity contribution in [3.63, 3.8) is 0 Å². The van der Waals surface area contributed by atoms with Crippen molar-refractivity contribution in [1.82, 2.24) is 0 Å². The van der Waals surface area contributed by atoms with Gasteiger partial charge in [0.1, 0.15) is 0 Å². The predicted octanol–water partition coefficient (Wildman–Crippen LogP) is 5.17. The monoisotopic (exact) mass is 455 g/mol. The molecule has 1 heterocycles. The van der Waals surface area contributed by atoms with Gasteiger partial charge in [0.05, 0.1) is 0 Å². The molecule has 161 valence electrons. The zero-order chi connectivity index (χ0) is 22.8. The van der Waals surface area contributed by atoms with Crippen LogP contribution in [0.2, 0.25) is 0 Å². The predicted molar refractivity (Wildman–Crippen MR) is 122 cm³/mol. The van der Waals surface area contributed by atoms with Gasteiger partial charge in [-0.3, -0.25) is 0 Å². The number of carbonyl (C=O) groups excluding carboxylic acids is 2. The first kappa shape index (κ1) is 21.9. The summed E-state index contributed by atoms with van der Waals surface area (Å²) in [6.45, 7) is 16.8. The molecular formula is C26H28MnN2O2. The molecule has 0 amide bonds. The number of fused-ring (bicyclic) bond motifs is 2. The van der Waals surface area contributed by atoms with Crippen LogP contribution in [0.3, 0.4) is 0 Å². The summed E-state index contributed by atoms with van der Waals surface area (Å²) in [5.74, 6) is 0.145. The SMILES string of the molecule is Cc1c(C)c(C)c2c(c1C)[C](=O)[Mn]/[C]2=N\C/N=C1\CC(=O)c2c(C)c(C)c(C)c(C)c21. The standard InChI is InChI=1S/C26H28N2O2.Mn/c1-13-14(2)18(6)22(11-29)21(17(13)5)10-27-12-28-23-9-24(30)26-20(8)16(4)15(3)19(7)25(23)26;/h9,12H2,1-8H3;/b27-10?,28-23+;. The van der Waals surface area contributed by atoms with Crippen molar-refractivity contribution in [2.45, 2.75) is 61.8 Å². The summed E-state index contributed by atoms with van der Waals surface area (Å²) in [7, 11) is 0. The Bertz CT molecular complexity index is 1170. The third kappa shape index (κ3) is 3.18. The third-order valence-corrected chi connectivity index (χ3v) is 8.64. The molecule has 2 aromatic rings. The van der Waals surface area contributed by atoms with Crippen LogP contribution >= 0.6 is 0 Å². The summed E-state index contributed by atoms with van der Waals surface area (Å²) < 4.78 is 1.03. The van der Waals surface area contributed by atoms with Crippen LogP contribution in [-0.4, -0.2) is 27.5 Å². The molecule has 1 aliphatic carbocycles. The summed E-state index contributed by atoms with van der Waals surface area (Å²) in [4.78, 5) is 35.0. The number of carbonyl (C=O) groups is 2. The molecule has 2 aliphatic rings. The molecule has 0 saturated carbocycles. The molecule has 0 spiro atoms. The summed E-state index contributed by atoms with van der Waals surface area (Å²) in [5.41, 5.74) is 13.7. The number of rotatable bonds is 2. The van der Waals surface area contributed by atoms with E-state index in [2.05, 4.69) is 41.5 Å². The average molecular weight is 455 g/mol. The number of hydrogen-bond donors (Lipinski definition) is 0. The second-order valence-electron chi connectivity index (χ2n) is 8.66. The number of hydrogen-bond acceptors (Lipinski definition) is 4. The Morgan fingerprint density at radius 1 is 0.613 bits per heavy atom. The van der Waals surface area contributed by atoms with Crippen LogP contribution in [0.5, 0.6) is 0 Å². The van der Waals surface area contributed by atoms with E-state index in [1.165, 1.54) is 22.3 Å². The van der Waals surface area contributed by atoms with Crippen molar-refractivity contribution in [1.29, 1.82) is 0 Å². The van der Waals surface area contributed by atoms with Gasteiger partial charge >= 0.3 is 191 Å². The van der Waals surface area contributed by atoms with Gasteiger partial charge in [-0.25, -0.2) is 0 Å². The first-order valence-corrected chi connectivity index (χ1v) is 11.8. The topological polar surface area (TPSA) is 58.9 Å². The van der Waals surface area contributed by atoms with E-state index in [1.807, 2.05) is 13.8 Å². The average Bonchev–Trinajstić information content (AvgIpc) is 3.24. The molecule has 0 atom stereocenters. The number of Topliss-reactive ketones (excluding diaryl/α,β-unsaturated/α-hetero) is 1. The Balaban J connectivity index is 1.75. The third-order valence-electron chi connectivity index (χ3n) is 7.32. The van der Waals surface area contributed by atoms with Crippen LogP contribution in [0.1, 0.15) is 82.8 Å². The van der Waals surface area contributed by atoms with Crippen molar-refractivity contribution in [3.8, 4) is 0 Å². The van der Waals surface area contributed by atoms with Crippen LogP contribution in [0.25, 0.3) is 0 Å². The second kappa shape index (κ2) is 7.65. The first-order valence-electron chi connectivity index (χ1n) is 10.6. The molecule has 0 unspecified atom stereocenters.